The first-order chi connectivity index (χ1) is 12.0. The Balaban J connectivity index is 1.86. The number of carbonyl (C=O) groups excluding carboxylic acids is 2. The van der Waals surface area contributed by atoms with Gasteiger partial charge in [0.15, 0.2) is 5.16 Å². The lowest BCUT2D eigenvalue weighted by Gasteiger charge is -2.27. The molecule has 2 rings (SSSR count). The quantitative estimate of drug-likeness (QED) is 0.682. The van der Waals surface area contributed by atoms with E-state index in [-0.39, 0.29) is 11.7 Å². The van der Waals surface area contributed by atoms with Gasteiger partial charge in [-0.15, -0.1) is 10.2 Å². The van der Waals surface area contributed by atoms with Crippen LogP contribution in [-0.4, -0.2) is 65.3 Å². The van der Waals surface area contributed by atoms with Gasteiger partial charge in [0.2, 0.25) is 11.9 Å². The van der Waals surface area contributed by atoms with E-state index >= 15 is 0 Å². The number of imide groups is 1. The summed E-state index contributed by atoms with van der Waals surface area (Å²) in [6.45, 7) is 10.1. The molecule has 0 aliphatic carbocycles. The third-order valence-electron chi connectivity index (χ3n) is 3.56. The molecule has 0 aromatic carbocycles. The van der Waals surface area contributed by atoms with Gasteiger partial charge in [0, 0.05) is 26.2 Å². The molecule has 0 saturated carbocycles. The summed E-state index contributed by atoms with van der Waals surface area (Å²) in [6.07, 6.45) is 0. The van der Waals surface area contributed by atoms with Gasteiger partial charge < -0.3 is 15.0 Å². The van der Waals surface area contributed by atoms with Crippen molar-refractivity contribution >= 4 is 29.6 Å². The number of nitrogens with zero attached hydrogens (tertiary/aromatic N) is 4. The smallest absolute Gasteiger partial charge is 0.321 e. The van der Waals surface area contributed by atoms with Crippen molar-refractivity contribution in [2.75, 3.05) is 43.5 Å². The standard InChI is InChI=1S/C15H26N6O3S/c1-4-21-14(20-5-7-24-8-6-20)18-19-15(21)25-10-12(22)17-13(23)16-9-11(2)3/h11H,4-10H2,1-3H3,(H2,16,17,22,23). The van der Waals surface area contributed by atoms with Crippen molar-refractivity contribution in [3.8, 4) is 0 Å². The molecule has 0 bridgehead atoms. The van der Waals surface area contributed by atoms with E-state index in [4.69, 9.17) is 4.74 Å². The van der Waals surface area contributed by atoms with Gasteiger partial charge in [-0.2, -0.15) is 0 Å². The lowest BCUT2D eigenvalue weighted by molar-refractivity contribution is -0.117. The van der Waals surface area contributed by atoms with Gasteiger partial charge >= 0.3 is 6.03 Å². The van der Waals surface area contributed by atoms with Crippen LogP contribution < -0.4 is 15.5 Å². The molecule has 10 heteroatoms. The molecular weight excluding hydrogens is 344 g/mol. The number of rotatable bonds is 7. The molecular formula is C15H26N6O3S. The van der Waals surface area contributed by atoms with E-state index in [0.29, 0.717) is 37.4 Å². The number of aromatic nitrogens is 3. The van der Waals surface area contributed by atoms with E-state index in [1.807, 2.05) is 25.3 Å². The average molecular weight is 370 g/mol. The minimum Gasteiger partial charge on any atom is -0.378 e. The lowest BCUT2D eigenvalue weighted by atomic mass is 10.2. The second-order valence-corrected chi connectivity index (χ2v) is 7.01. The number of amides is 3. The highest BCUT2D eigenvalue weighted by molar-refractivity contribution is 7.99. The van der Waals surface area contributed by atoms with Crippen LogP contribution in [0.3, 0.4) is 0 Å². The SMILES string of the molecule is CCn1c(SCC(=O)NC(=O)NCC(C)C)nnc1N1CCOCC1. The van der Waals surface area contributed by atoms with E-state index in [0.717, 1.165) is 19.0 Å². The van der Waals surface area contributed by atoms with E-state index in [1.165, 1.54) is 11.8 Å². The number of morpholine rings is 1. The van der Waals surface area contributed by atoms with Gasteiger partial charge in [-0.25, -0.2) is 4.79 Å². The fourth-order valence-electron chi connectivity index (χ4n) is 2.30. The second-order valence-electron chi connectivity index (χ2n) is 6.07. The summed E-state index contributed by atoms with van der Waals surface area (Å²) in [7, 11) is 0. The predicted octanol–water partition coefficient (Wildman–Crippen LogP) is 0.709. The Labute approximate surface area is 151 Å². The molecule has 0 spiro atoms. The van der Waals surface area contributed by atoms with Gasteiger partial charge in [0.25, 0.3) is 0 Å². The minimum atomic E-state index is -0.467. The highest BCUT2D eigenvalue weighted by atomic mass is 32.2. The maximum absolute atomic E-state index is 11.9. The van der Waals surface area contributed by atoms with Crippen molar-refractivity contribution in [2.45, 2.75) is 32.5 Å². The second kappa shape index (κ2) is 9.62. The van der Waals surface area contributed by atoms with Crippen LogP contribution in [-0.2, 0) is 16.1 Å². The van der Waals surface area contributed by atoms with Gasteiger partial charge in [-0.1, -0.05) is 25.6 Å². The highest BCUT2D eigenvalue weighted by Gasteiger charge is 2.20. The zero-order valence-corrected chi connectivity index (χ0v) is 15.8. The lowest BCUT2D eigenvalue weighted by Crippen LogP contribution is -2.41. The molecule has 0 unspecified atom stereocenters. The van der Waals surface area contributed by atoms with E-state index in [9.17, 15) is 9.59 Å². The van der Waals surface area contributed by atoms with Crippen LogP contribution in [0.15, 0.2) is 5.16 Å². The van der Waals surface area contributed by atoms with Crippen LogP contribution >= 0.6 is 11.8 Å². The maximum atomic E-state index is 11.9. The van der Waals surface area contributed by atoms with E-state index in [1.54, 1.807) is 0 Å². The Bertz CT molecular complexity index is 586. The largest absolute Gasteiger partial charge is 0.378 e. The van der Waals surface area contributed by atoms with Crippen molar-refractivity contribution < 1.29 is 14.3 Å². The topological polar surface area (TPSA) is 101 Å². The summed E-state index contributed by atoms with van der Waals surface area (Å²) in [4.78, 5) is 25.6. The Kier molecular flexibility index (Phi) is 7.51. The van der Waals surface area contributed by atoms with Crippen LogP contribution in [0.1, 0.15) is 20.8 Å². The molecule has 25 heavy (non-hydrogen) atoms. The van der Waals surface area contributed by atoms with Gasteiger partial charge in [-0.05, 0) is 12.8 Å². The van der Waals surface area contributed by atoms with Gasteiger partial charge in [0.1, 0.15) is 0 Å². The molecule has 0 radical (unpaired) electrons. The molecule has 1 aliphatic heterocycles. The first-order valence-electron chi connectivity index (χ1n) is 8.47. The Morgan fingerprint density at radius 2 is 2.00 bits per heavy atom. The summed E-state index contributed by atoms with van der Waals surface area (Å²) in [5, 5.41) is 14.1. The normalized spacial score (nSPS) is 14.6. The first kappa shape index (κ1) is 19.5. The molecule has 1 aromatic rings. The van der Waals surface area contributed by atoms with Crippen LogP contribution in [0.5, 0.6) is 0 Å². The van der Waals surface area contributed by atoms with E-state index < -0.39 is 6.03 Å². The molecule has 0 atom stereocenters. The number of ether oxygens (including phenoxy) is 1. The predicted molar refractivity (Wildman–Crippen MR) is 95.8 cm³/mol. The van der Waals surface area contributed by atoms with Crippen molar-refractivity contribution in [2.24, 2.45) is 5.92 Å². The zero-order valence-electron chi connectivity index (χ0n) is 14.9. The van der Waals surface area contributed by atoms with Crippen molar-refractivity contribution in [1.29, 1.82) is 0 Å². The van der Waals surface area contributed by atoms with Crippen LogP contribution in [0.25, 0.3) is 0 Å². The van der Waals surface area contributed by atoms with Gasteiger partial charge in [0.05, 0.1) is 19.0 Å². The molecule has 9 nitrogen and oxygen atoms in total. The monoisotopic (exact) mass is 370 g/mol. The third-order valence-corrected chi connectivity index (χ3v) is 4.53. The Morgan fingerprint density at radius 3 is 2.64 bits per heavy atom. The summed E-state index contributed by atoms with van der Waals surface area (Å²) in [6, 6.07) is -0.467. The van der Waals surface area contributed by atoms with Crippen LogP contribution in [0, 0.1) is 5.92 Å². The Morgan fingerprint density at radius 1 is 1.28 bits per heavy atom. The van der Waals surface area contributed by atoms with Crippen molar-refractivity contribution in [3.05, 3.63) is 0 Å². The number of hydrogen-bond donors (Lipinski definition) is 2. The molecule has 3 amide bonds. The molecule has 1 saturated heterocycles. The molecule has 2 N–H and O–H groups in total. The minimum absolute atomic E-state index is 0.107. The number of anilines is 1. The van der Waals surface area contributed by atoms with Crippen LogP contribution in [0.4, 0.5) is 10.7 Å². The number of urea groups is 1. The number of thioether (sulfide) groups is 1. The summed E-state index contributed by atoms with van der Waals surface area (Å²) in [5.74, 6) is 0.876. The van der Waals surface area contributed by atoms with Gasteiger partial charge in [-0.3, -0.25) is 14.7 Å². The fourth-order valence-corrected chi connectivity index (χ4v) is 3.09. The Hall–Kier alpha value is -1.81. The van der Waals surface area contributed by atoms with Crippen LogP contribution in [0.2, 0.25) is 0 Å². The maximum Gasteiger partial charge on any atom is 0.321 e. The summed E-state index contributed by atoms with van der Waals surface area (Å²) >= 11 is 1.27. The van der Waals surface area contributed by atoms with Crippen molar-refractivity contribution in [3.63, 3.8) is 0 Å². The summed E-state index contributed by atoms with van der Waals surface area (Å²) < 4.78 is 7.33. The molecule has 1 aromatic heterocycles. The highest BCUT2D eigenvalue weighted by Crippen LogP contribution is 2.22. The molecule has 1 aliphatic rings. The zero-order chi connectivity index (χ0) is 18.2. The average Bonchev–Trinajstić information content (AvgIpc) is 3.02. The summed E-state index contributed by atoms with van der Waals surface area (Å²) in [5.41, 5.74) is 0. The van der Waals surface area contributed by atoms with Crippen molar-refractivity contribution in [1.82, 2.24) is 25.4 Å². The fraction of sp³-hybridized carbons (Fsp3) is 0.733. The molecule has 1 fully saturated rings. The molecule has 140 valence electrons. The number of nitrogens with one attached hydrogen (secondary N) is 2. The number of carbonyl (C=O) groups is 2. The number of hydrogen-bond acceptors (Lipinski definition) is 7. The molecule has 2 heterocycles. The first-order valence-corrected chi connectivity index (χ1v) is 9.46. The third kappa shape index (κ3) is 5.89. The van der Waals surface area contributed by atoms with E-state index in [2.05, 4.69) is 25.7 Å².